The summed E-state index contributed by atoms with van der Waals surface area (Å²) in [6.07, 6.45) is 7.21. The van der Waals surface area contributed by atoms with Crippen molar-refractivity contribution >= 4 is 0 Å². The lowest BCUT2D eigenvalue weighted by Crippen LogP contribution is -2.29. The van der Waals surface area contributed by atoms with E-state index in [2.05, 4.69) is 20.2 Å². The van der Waals surface area contributed by atoms with Crippen LogP contribution in [0.3, 0.4) is 0 Å². The number of hydrogen-bond donors (Lipinski definition) is 0. The van der Waals surface area contributed by atoms with Gasteiger partial charge in [-0.2, -0.15) is 0 Å². The molecular formula is C7H12N2. The highest BCUT2D eigenvalue weighted by molar-refractivity contribution is 4.62. The van der Waals surface area contributed by atoms with E-state index in [1.807, 2.05) is 21.5 Å². The Morgan fingerprint density at radius 2 is 2.33 bits per heavy atom. The highest BCUT2D eigenvalue weighted by Gasteiger charge is 1.87. The Bertz CT molecular complexity index is 160. The lowest BCUT2D eigenvalue weighted by Gasteiger charge is -1.92. The van der Waals surface area contributed by atoms with Crippen LogP contribution in [0.4, 0.5) is 0 Å². The summed E-state index contributed by atoms with van der Waals surface area (Å²) < 4.78 is 4.06. The van der Waals surface area contributed by atoms with Crippen LogP contribution in [0.15, 0.2) is 12.4 Å². The molecule has 0 saturated carbocycles. The van der Waals surface area contributed by atoms with Gasteiger partial charge in [-0.3, -0.25) is 0 Å². The van der Waals surface area contributed by atoms with E-state index in [4.69, 9.17) is 0 Å². The van der Waals surface area contributed by atoms with E-state index in [9.17, 15) is 0 Å². The zero-order valence-electron chi connectivity index (χ0n) is 5.96. The van der Waals surface area contributed by atoms with Crippen LogP contribution >= 0.6 is 0 Å². The van der Waals surface area contributed by atoms with Gasteiger partial charge >= 0.3 is 0 Å². The molecule has 50 valence electrons. The number of imidazole rings is 1. The number of nitrogens with zero attached hydrogens (tertiary/aromatic N) is 2. The first kappa shape index (κ1) is 6.33. The maximum Gasteiger partial charge on any atom is 0.203 e. The molecule has 2 heteroatoms. The van der Waals surface area contributed by atoms with Crippen molar-refractivity contribution in [3.8, 4) is 0 Å². The van der Waals surface area contributed by atoms with Gasteiger partial charge in [-0.15, -0.1) is 0 Å². The fraction of sp³-hybridized carbons (Fsp3) is 0.571. The van der Waals surface area contributed by atoms with Crippen molar-refractivity contribution < 1.29 is 4.57 Å². The molecule has 1 rings (SSSR count). The molecule has 9 heavy (non-hydrogen) atoms. The molecule has 0 aromatic carbocycles. The predicted octanol–water partition coefficient (Wildman–Crippen LogP) is 0.616. The lowest BCUT2D eigenvalue weighted by molar-refractivity contribution is -0.697. The number of rotatable bonds is 2. The first-order valence-electron chi connectivity index (χ1n) is 3.34. The van der Waals surface area contributed by atoms with Crippen LogP contribution in [0.1, 0.15) is 13.8 Å². The third-order valence-corrected chi connectivity index (χ3v) is 1.36. The monoisotopic (exact) mass is 124 g/mol. The van der Waals surface area contributed by atoms with E-state index in [0.717, 1.165) is 13.1 Å². The lowest BCUT2D eigenvalue weighted by atomic mass is 10.7. The van der Waals surface area contributed by atoms with Crippen molar-refractivity contribution in [3.63, 3.8) is 0 Å². The molecule has 1 aromatic heterocycles. The molecule has 1 heterocycles. The minimum atomic E-state index is 1.01. The van der Waals surface area contributed by atoms with Crippen LogP contribution in [-0.4, -0.2) is 4.57 Å². The molecular weight excluding hydrogens is 112 g/mol. The van der Waals surface area contributed by atoms with Gasteiger partial charge in [-0.1, -0.05) is 0 Å². The van der Waals surface area contributed by atoms with E-state index in [1.165, 1.54) is 0 Å². The molecule has 2 nitrogen and oxygen atoms in total. The summed E-state index contributed by atoms with van der Waals surface area (Å²) in [6.45, 7) is 6.23. The Morgan fingerprint density at radius 1 is 1.56 bits per heavy atom. The highest BCUT2D eigenvalue weighted by atomic mass is 15.1. The van der Waals surface area contributed by atoms with Crippen LogP contribution < -0.4 is 4.57 Å². The van der Waals surface area contributed by atoms with Crippen molar-refractivity contribution in [2.45, 2.75) is 26.9 Å². The topological polar surface area (TPSA) is 8.81 Å². The van der Waals surface area contributed by atoms with Crippen molar-refractivity contribution in [1.29, 1.82) is 0 Å². The minimum absolute atomic E-state index is 1.01. The molecule has 0 atom stereocenters. The Hall–Kier alpha value is -0.790. The van der Waals surface area contributed by atoms with Gasteiger partial charge in [0.25, 0.3) is 0 Å². The minimum Gasteiger partial charge on any atom is -0.351 e. The second-order valence-electron chi connectivity index (χ2n) is 1.97. The van der Waals surface area contributed by atoms with Crippen molar-refractivity contribution in [3.05, 3.63) is 18.7 Å². The third kappa shape index (κ3) is 1.31. The third-order valence-electron chi connectivity index (χ3n) is 1.36. The summed E-state index contributed by atoms with van der Waals surface area (Å²) in [6, 6.07) is 0. The predicted molar refractivity (Wildman–Crippen MR) is 34.8 cm³/mol. The molecule has 0 radical (unpaired) electrons. The number of aryl methyl sites for hydroxylation is 2. The average Bonchev–Trinajstić information content (AvgIpc) is 2.34. The summed E-state index contributed by atoms with van der Waals surface area (Å²) in [7, 11) is 0. The first-order valence-corrected chi connectivity index (χ1v) is 3.34. The Morgan fingerprint density at radius 3 is 2.67 bits per heavy atom. The molecule has 0 amide bonds. The molecule has 1 aromatic rings. The van der Waals surface area contributed by atoms with Crippen molar-refractivity contribution in [2.24, 2.45) is 0 Å². The maximum absolute atomic E-state index is 3.15. The summed E-state index contributed by atoms with van der Waals surface area (Å²) in [5, 5.41) is 0. The largest absolute Gasteiger partial charge is 0.351 e. The molecule has 0 saturated heterocycles. The fourth-order valence-corrected chi connectivity index (χ4v) is 0.745. The van der Waals surface area contributed by atoms with E-state index in [0.29, 0.717) is 0 Å². The van der Waals surface area contributed by atoms with Gasteiger partial charge < -0.3 is 9.13 Å². The number of hydrogen-bond acceptors (Lipinski definition) is 0. The quantitative estimate of drug-likeness (QED) is 0.403. The molecule has 0 aliphatic heterocycles. The summed E-state index contributed by atoms with van der Waals surface area (Å²) in [5.74, 6) is 0. The Labute approximate surface area is 55.7 Å². The van der Waals surface area contributed by atoms with Crippen LogP contribution in [0.25, 0.3) is 0 Å². The van der Waals surface area contributed by atoms with Gasteiger partial charge in [-0.25, -0.2) is 0 Å². The van der Waals surface area contributed by atoms with Crippen molar-refractivity contribution in [1.82, 2.24) is 4.57 Å². The second kappa shape index (κ2) is 2.67. The molecule has 0 spiro atoms. The summed E-state index contributed by atoms with van der Waals surface area (Å²) in [4.78, 5) is 0. The SMILES string of the molecule is CCn1[c-][n+](CC)cc1. The average molecular weight is 124 g/mol. The van der Waals surface area contributed by atoms with Crippen LogP contribution in [0.5, 0.6) is 0 Å². The van der Waals surface area contributed by atoms with Crippen LogP contribution in [0, 0.1) is 6.33 Å². The van der Waals surface area contributed by atoms with Crippen LogP contribution in [0.2, 0.25) is 0 Å². The molecule has 0 unspecified atom stereocenters. The van der Waals surface area contributed by atoms with Gasteiger partial charge in [0.15, 0.2) is 0 Å². The normalized spacial score (nSPS) is 10.0. The smallest absolute Gasteiger partial charge is 0.203 e. The van der Waals surface area contributed by atoms with Crippen molar-refractivity contribution in [2.75, 3.05) is 0 Å². The first-order chi connectivity index (χ1) is 4.36. The second-order valence-corrected chi connectivity index (χ2v) is 1.97. The van der Waals surface area contributed by atoms with E-state index in [-0.39, 0.29) is 0 Å². The Balaban J connectivity index is 2.74. The molecule has 0 aliphatic rings. The zero-order valence-corrected chi connectivity index (χ0v) is 5.96. The molecule has 0 aliphatic carbocycles. The van der Waals surface area contributed by atoms with Crippen LogP contribution in [-0.2, 0) is 13.1 Å². The molecule has 0 bridgehead atoms. The highest BCUT2D eigenvalue weighted by Crippen LogP contribution is 1.80. The number of aromatic nitrogens is 2. The molecule has 0 N–H and O–H groups in total. The van der Waals surface area contributed by atoms with Gasteiger partial charge in [0.1, 0.15) is 0 Å². The van der Waals surface area contributed by atoms with Gasteiger partial charge in [0.2, 0.25) is 6.33 Å². The maximum atomic E-state index is 3.15. The van der Waals surface area contributed by atoms with E-state index >= 15 is 0 Å². The standard InChI is InChI=1S/C7H12N2/c1-3-8-5-6-9(4-2)7-8/h5-6H,3-4H2,1-2H3. The molecule has 0 fully saturated rings. The van der Waals surface area contributed by atoms with Gasteiger partial charge in [-0.05, 0) is 26.2 Å². The summed E-state index contributed by atoms with van der Waals surface area (Å²) >= 11 is 0. The fourth-order valence-electron chi connectivity index (χ4n) is 0.745. The summed E-state index contributed by atoms with van der Waals surface area (Å²) in [5.41, 5.74) is 0. The van der Waals surface area contributed by atoms with Gasteiger partial charge in [0.05, 0.1) is 13.1 Å². The van der Waals surface area contributed by atoms with E-state index in [1.54, 1.807) is 0 Å². The zero-order chi connectivity index (χ0) is 6.69. The van der Waals surface area contributed by atoms with Gasteiger partial charge in [0, 0.05) is 0 Å². The van der Waals surface area contributed by atoms with E-state index < -0.39 is 0 Å². The Kier molecular flexibility index (Phi) is 1.88.